The average molecular weight is 366 g/mol. The van der Waals surface area contributed by atoms with Crippen LogP contribution in [-0.2, 0) is 17.6 Å². The zero-order valence-corrected chi connectivity index (χ0v) is 15.3. The maximum atomic E-state index is 11.4. The van der Waals surface area contributed by atoms with E-state index in [1.807, 2.05) is 36.7 Å². The summed E-state index contributed by atoms with van der Waals surface area (Å²) in [5.41, 5.74) is 9.45. The zero-order valence-electron chi connectivity index (χ0n) is 14.5. The lowest BCUT2D eigenvalue weighted by Gasteiger charge is -2.08. The van der Waals surface area contributed by atoms with Gasteiger partial charge >= 0.3 is 0 Å². The van der Waals surface area contributed by atoms with Crippen LogP contribution in [0.1, 0.15) is 24.0 Å². The third-order valence-electron chi connectivity index (χ3n) is 4.31. The van der Waals surface area contributed by atoms with E-state index >= 15 is 0 Å². The smallest absolute Gasteiger partial charge is 0.238 e. The number of fused-ring (bicyclic) bond motifs is 1. The summed E-state index contributed by atoms with van der Waals surface area (Å²) in [6, 6.07) is 11.9. The number of aromatic amines is 1. The summed E-state index contributed by atoms with van der Waals surface area (Å²) in [4.78, 5) is 19.9. The van der Waals surface area contributed by atoms with Gasteiger partial charge in [0.15, 0.2) is 0 Å². The Hall–Kier alpha value is -2.57. The first-order valence-electron chi connectivity index (χ1n) is 8.67. The molecule has 0 aliphatic carbocycles. The van der Waals surface area contributed by atoms with Crippen molar-refractivity contribution in [3.8, 4) is 0 Å². The van der Waals surface area contributed by atoms with Gasteiger partial charge in [0.1, 0.15) is 5.65 Å². The highest BCUT2D eigenvalue weighted by Crippen LogP contribution is 2.18. The van der Waals surface area contributed by atoms with Crippen LogP contribution in [0, 0.1) is 0 Å². The highest BCUT2D eigenvalue weighted by atomic mass is 32.1. The molecule has 0 aliphatic rings. The number of aryl methyl sites for hydroxylation is 2. The number of rotatable bonds is 8. The van der Waals surface area contributed by atoms with Crippen molar-refractivity contribution in [2.75, 3.05) is 11.9 Å². The highest BCUT2D eigenvalue weighted by molar-refractivity contribution is 7.80. The van der Waals surface area contributed by atoms with Crippen molar-refractivity contribution in [3.05, 3.63) is 59.9 Å². The van der Waals surface area contributed by atoms with E-state index in [0.717, 1.165) is 47.4 Å². The van der Waals surface area contributed by atoms with Crippen LogP contribution < -0.4 is 11.1 Å². The Morgan fingerprint density at radius 3 is 2.88 bits per heavy atom. The number of pyridine rings is 1. The van der Waals surface area contributed by atoms with E-state index in [1.54, 1.807) is 0 Å². The van der Waals surface area contributed by atoms with Crippen molar-refractivity contribution in [1.29, 1.82) is 0 Å². The van der Waals surface area contributed by atoms with Gasteiger partial charge in [-0.05, 0) is 65.9 Å². The quantitative estimate of drug-likeness (QED) is 0.534. The normalized spacial score (nSPS) is 10.8. The Morgan fingerprint density at radius 2 is 2.04 bits per heavy atom. The Bertz CT molecular complexity index is 919. The Labute approximate surface area is 158 Å². The summed E-state index contributed by atoms with van der Waals surface area (Å²) in [6.07, 6.45) is 7.26. The number of hydrogen-bond donors (Lipinski definition) is 3. The summed E-state index contributed by atoms with van der Waals surface area (Å²) >= 11 is 5.57. The zero-order chi connectivity index (χ0) is 18.4. The molecule has 0 fully saturated rings. The van der Waals surface area contributed by atoms with Crippen molar-refractivity contribution in [2.45, 2.75) is 25.7 Å². The van der Waals surface area contributed by atoms with Gasteiger partial charge in [0.2, 0.25) is 5.91 Å². The van der Waals surface area contributed by atoms with Crippen LogP contribution >= 0.6 is 12.2 Å². The lowest BCUT2D eigenvalue weighted by Crippen LogP contribution is -2.21. The Morgan fingerprint density at radius 1 is 1.19 bits per heavy atom. The van der Waals surface area contributed by atoms with Gasteiger partial charge in [0.05, 0.1) is 6.54 Å². The van der Waals surface area contributed by atoms with Crippen LogP contribution in [0.5, 0.6) is 0 Å². The van der Waals surface area contributed by atoms with E-state index in [2.05, 4.69) is 27.4 Å². The second kappa shape index (κ2) is 8.69. The van der Waals surface area contributed by atoms with Gasteiger partial charge in [-0.1, -0.05) is 24.4 Å². The molecule has 0 aliphatic heterocycles. The number of hydrogen-bond acceptors (Lipinski definition) is 4. The third kappa shape index (κ3) is 4.74. The molecule has 134 valence electrons. The fraction of sp³-hybridized carbons (Fsp3) is 0.250. The number of aromatic nitrogens is 2. The molecular weight excluding hydrogens is 344 g/mol. The molecule has 6 heteroatoms. The van der Waals surface area contributed by atoms with Gasteiger partial charge in [0, 0.05) is 23.5 Å². The van der Waals surface area contributed by atoms with E-state index in [9.17, 15) is 4.79 Å². The summed E-state index contributed by atoms with van der Waals surface area (Å²) in [7, 11) is 0. The minimum atomic E-state index is -0.189. The number of anilines is 1. The molecule has 0 saturated heterocycles. The topological polar surface area (TPSA) is 83.8 Å². The summed E-state index contributed by atoms with van der Waals surface area (Å²) < 4.78 is 0. The first kappa shape index (κ1) is 18.2. The minimum absolute atomic E-state index is 0.0161. The number of H-pyrrole nitrogens is 1. The van der Waals surface area contributed by atoms with Gasteiger partial charge in [-0.15, -0.1) is 0 Å². The Kier molecular flexibility index (Phi) is 6.09. The molecule has 0 spiro atoms. The molecule has 0 unspecified atom stereocenters. The monoisotopic (exact) mass is 366 g/mol. The van der Waals surface area contributed by atoms with Gasteiger partial charge in [-0.3, -0.25) is 4.79 Å². The van der Waals surface area contributed by atoms with Crippen LogP contribution in [-0.4, -0.2) is 27.3 Å². The number of carbonyl (C=O) groups is 1. The molecule has 1 aromatic carbocycles. The van der Waals surface area contributed by atoms with Crippen molar-refractivity contribution < 1.29 is 4.79 Å². The van der Waals surface area contributed by atoms with E-state index in [4.69, 9.17) is 18.0 Å². The molecule has 4 N–H and O–H groups in total. The summed E-state index contributed by atoms with van der Waals surface area (Å²) in [5.74, 6) is -0.189. The molecule has 1 amide bonds. The van der Waals surface area contributed by atoms with Gasteiger partial charge in [-0.2, -0.15) is 0 Å². The van der Waals surface area contributed by atoms with Crippen molar-refractivity contribution in [2.24, 2.45) is 5.73 Å². The molecular formula is C20H22N4OS. The fourth-order valence-electron chi connectivity index (χ4n) is 2.94. The van der Waals surface area contributed by atoms with E-state index in [0.29, 0.717) is 0 Å². The molecule has 3 rings (SSSR count). The minimum Gasteiger partial charge on any atom is -0.346 e. The molecule has 2 heterocycles. The van der Waals surface area contributed by atoms with Crippen LogP contribution in [0.2, 0.25) is 0 Å². The van der Waals surface area contributed by atoms with Crippen LogP contribution in [0.15, 0.2) is 48.8 Å². The fourth-order valence-corrected chi connectivity index (χ4v) is 3.14. The number of nitrogens with one attached hydrogen (secondary N) is 2. The third-order valence-corrected chi connectivity index (χ3v) is 4.72. The van der Waals surface area contributed by atoms with E-state index in [-0.39, 0.29) is 12.5 Å². The van der Waals surface area contributed by atoms with Crippen LogP contribution in [0.4, 0.5) is 5.69 Å². The number of thiocarbonyl (C=S) groups is 1. The molecule has 5 nitrogen and oxygen atoms in total. The number of nitrogens with zero attached hydrogens (tertiary/aromatic N) is 1. The van der Waals surface area contributed by atoms with E-state index in [1.165, 1.54) is 10.9 Å². The summed E-state index contributed by atoms with van der Waals surface area (Å²) in [5, 5.41) is 3.94. The number of carbonyl (C=O) groups excluding carboxylic acids is 1. The van der Waals surface area contributed by atoms with E-state index < -0.39 is 0 Å². The van der Waals surface area contributed by atoms with Crippen LogP contribution in [0.25, 0.3) is 11.0 Å². The van der Waals surface area contributed by atoms with Crippen LogP contribution in [0.3, 0.4) is 0 Å². The largest absolute Gasteiger partial charge is 0.346 e. The second-order valence-electron chi connectivity index (χ2n) is 6.20. The number of benzene rings is 1. The summed E-state index contributed by atoms with van der Waals surface area (Å²) in [6.45, 7) is -0.0161. The lowest BCUT2D eigenvalue weighted by molar-refractivity contribution is -0.114. The number of amides is 1. The predicted octanol–water partition coefficient (Wildman–Crippen LogP) is 3.40. The standard InChI is InChI=1S/C20H22N4OS/c21-13-19(25)24-16-3-1-2-14(12-16)4-6-17(26)7-5-15-8-10-22-20-18(15)9-11-23-20/h1-3,8-12H,4-7,13,21H2,(H,22,23)(H,24,25). The SMILES string of the molecule is NCC(=O)Nc1cccc(CCC(=S)CCc2ccnc3[nH]ccc23)c1. The lowest BCUT2D eigenvalue weighted by atomic mass is 10.0. The molecule has 0 bridgehead atoms. The van der Waals surface area contributed by atoms with Crippen molar-refractivity contribution >= 4 is 39.7 Å². The second-order valence-corrected chi connectivity index (χ2v) is 6.78. The molecule has 0 radical (unpaired) electrons. The first-order valence-corrected chi connectivity index (χ1v) is 9.08. The predicted molar refractivity (Wildman–Crippen MR) is 109 cm³/mol. The molecule has 0 atom stereocenters. The van der Waals surface area contributed by atoms with Gasteiger partial charge in [0.25, 0.3) is 0 Å². The van der Waals surface area contributed by atoms with Gasteiger partial charge in [-0.25, -0.2) is 4.98 Å². The first-order chi connectivity index (χ1) is 12.7. The highest BCUT2D eigenvalue weighted by Gasteiger charge is 2.06. The van der Waals surface area contributed by atoms with Crippen molar-refractivity contribution in [3.63, 3.8) is 0 Å². The molecule has 2 aromatic heterocycles. The van der Waals surface area contributed by atoms with Crippen molar-refractivity contribution in [1.82, 2.24) is 9.97 Å². The maximum Gasteiger partial charge on any atom is 0.238 e. The number of nitrogens with two attached hydrogens (primary N) is 1. The average Bonchev–Trinajstić information content (AvgIpc) is 3.14. The molecule has 26 heavy (non-hydrogen) atoms. The maximum absolute atomic E-state index is 11.4. The molecule has 0 saturated carbocycles. The molecule has 3 aromatic rings. The Balaban J connectivity index is 1.52. The van der Waals surface area contributed by atoms with Gasteiger partial charge < -0.3 is 16.0 Å².